The van der Waals surface area contributed by atoms with E-state index < -0.39 is 12.4 Å². The van der Waals surface area contributed by atoms with Crippen LogP contribution in [0.15, 0.2) is 23.4 Å². The highest BCUT2D eigenvalue weighted by Crippen LogP contribution is 2.27. The van der Waals surface area contributed by atoms with E-state index in [1.807, 2.05) is 0 Å². The molecule has 1 rings (SSSR count). The highest BCUT2D eigenvalue weighted by Gasteiger charge is 2.15. The van der Waals surface area contributed by atoms with Crippen molar-refractivity contribution in [2.24, 2.45) is 10.9 Å². The molecule has 0 fully saturated rings. The number of hydrogen-bond acceptors (Lipinski definition) is 3. The number of benzene rings is 1. The summed E-state index contributed by atoms with van der Waals surface area (Å²) in [6.45, 7) is -3.01. The second kappa shape index (κ2) is 4.79. The van der Waals surface area contributed by atoms with Crippen LogP contribution < -0.4 is 10.5 Å². The monoisotopic (exact) mass is 236 g/mol. The van der Waals surface area contributed by atoms with Crippen molar-refractivity contribution < 1.29 is 18.7 Å². The first-order valence-corrected chi connectivity index (χ1v) is 4.15. The summed E-state index contributed by atoms with van der Waals surface area (Å²) in [4.78, 5) is 0. The van der Waals surface area contributed by atoms with Crippen LogP contribution in [0, 0.1) is 0 Å². The minimum atomic E-state index is -3.01. The first kappa shape index (κ1) is 11.5. The van der Waals surface area contributed by atoms with E-state index >= 15 is 0 Å². The first-order valence-electron chi connectivity index (χ1n) is 3.77. The molecule has 0 amide bonds. The van der Waals surface area contributed by atoms with Gasteiger partial charge in [-0.05, 0) is 12.1 Å². The van der Waals surface area contributed by atoms with Crippen LogP contribution in [0.4, 0.5) is 8.78 Å². The topological polar surface area (TPSA) is 67.8 Å². The Morgan fingerprint density at radius 2 is 2.20 bits per heavy atom. The van der Waals surface area contributed by atoms with E-state index in [2.05, 4.69) is 9.89 Å². The maximum absolute atomic E-state index is 12.0. The van der Waals surface area contributed by atoms with Gasteiger partial charge in [-0.15, -0.1) is 0 Å². The van der Waals surface area contributed by atoms with Crippen molar-refractivity contribution in [3.05, 3.63) is 28.8 Å². The average Bonchev–Trinajstić information content (AvgIpc) is 2.16. The van der Waals surface area contributed by atoms with Gasteiger partial charge in [0.1, 0.15) is 5.75 Å². The summed E-state index contributed by atoms with van der Waals surface area (Å²) in [6.07, 6.45) is 0. The van der Waals surface area contributed by atoms with Gasteiger partial charge in [0.05, 0.1) is 10.6 Å². The lowest BCUT2D eigenvalue weighted by Gasteiger charge is -2.10. The predicted molar refractivity (Wildman–Crippen MR) is 50.6 cm³/mol. The maximum atomic E-state index is 12.0. The van der Waals surface area contributed by atoms with Crippen LogP contribution in [-0.2, 0) is 0 Å². The number of nitrogens with zero attached hydrogens (tertiary/aromatic N) is 1. The fourth-order valence-electron chi connectivity index (χ4n) is 0.997. The van der Waals surface area contributed by atoms with Gasteiger partial charge in [-0.1, -0.05) is 22.8 Å². The fourth-order valence-corrected chi connectivity index (χ4v) is 1.26. The molecule has 0 heterocycles. The molecule has 0 bridgehead atoms. The molecule has 0 spiro atoms. The maximum Gasteiger partial charge on any atom is 0.387 e. The Hall–Kier alpha value is -1.56. The molecule has 0 atom stereocenters. The standard InChI is InChI=1S/C8H7ClF2N2O2/c9-4-2-1-3-5(15-8(10)11)6(4)7(12)13-14/h1-3,8,14H,(H2,12,13). The van der Waals surface area contributed by atoms with E-state index in [1.54, 1.807) is 0 Å². The quantitative estimate of drug-likeness (QED) is 0.365. The Labute approximate surface area is 88.9 Å². The smallest absolute Gasteiger partial charge is 0.387 e. The van der Waals surface area contributed by atoms with Gasteiger partial charge in [0.25, 0.3) is 0 Å². The van der Waals surface area contributed by atoms with Gasteiger partial charge in [-0.3, -0.25) is 0 Å². The molecule has 1 aromatic carbocycles. The zero-order valence-electron chi connectivity index (χ0n) is 7.32. The van der Waals surface area contributed by atoms with E-state index in [0.29, 0.717) is 0 Å². The summed E-state index contributed by atoms with van der Waals surface area (Å²) >= 11 is 5.69. The average molecular weight is 237 g/mol. The molecule has 0 aliphatic heterocycles. The van der Waals surface area contributed by atoms with Crippen LogP contribution in [0.1, 0.15) is 5.56 Å². The van der Waals surface area contributed by atoms with Gasteiger partial charge in [-0.2, -0.15) is 8.78 Å². The lowest BCUT2D eigenvalue weighted by atomic mass is 10.2. The van der Waals surface area contributed by atoms with E-state index in [0.717, 1.165) is 0 Å². The van der Waals surface area contributed by atoms with Gasteiger partial charge in [0.15, 0.2) is 5.84 Å². The van der Waals surface area contributed by atoms with E-state index in [9.17, 15) is 8.78 Å². The van der Waals surface area contributed by atoms with Gasteiger partial charge >= 0.3 is 6.61 Å². The fraction of sp³-hybridized carbons (Fsp3) is 0.125. The molecule has 0 aliphatic carbocycles. The summed E-state index contributed by atoms with van der Waals surface area (Å²) in [7, 11) is 0. The van der Waals surface area contributed by atoms with Crippen LogP contribution in [-0.4, -0.2) is 17.7 Å². The summed E-state index contributed by atoms with van der Waals surface area (Å²) in [5.41, 5.74) is 5.19. The lowest BCUT2D eigenvalue weighted by molar-refractivity contribution is -0.0499. The molecule has 15 heavy (non-hydrogen) atoms. The molecule has 0 saturated carbocycles. The molecule has 0 saturated heterocycles. The molecule has 1 aromatic rings. The number of amidine groups is 1. The molecule has 4 nitrogen and oxygen atoms in total. The van der Waals surface area contributed by atoms with Crippen molar-refractivity contribution in [1.29, 1.82) is 0 Å². The molecular weight excluding hydrogens is 230 g/mol. The van der Waals surface area contributed by atoms with Crippen molar-refractivity contribution in [2.75, 3.05) is 0 Å². The van der Waals surface area contributed by atoms with Crippen LogP contribution in [0.5, 0.6) is 5.75 Å². The molecule has 0 unspecified atom stereocenters. The Morgan fingerprint density at radius 3 is 2.73 bits per heavy atom. The minimum Gasteiger partial charge on any atom is -0.434 e. The van der Waals surface area contributed by atoms with Crippen molar-refractivity contribution in [2.45, 2.75) is 6.61 Å². The van der Waals surface area contributed by atoms with Crippen LogP contribution in [0.25, 0.3) is 0 Å². The molecular formula is C8H7ClF2N2O2. The second-order valence-corrected chi connectivity index (χ2v) is 2.88. The Bertz CT molecular complexity index is 385. The van der Waals surface area contributed by atoms with Crippen molar-refractivity contribution in [3.63, 3.8) is 0 Å². The SMILES string of the molecule is N/C(=N/O)c1c(Cl)cccc1OC(F)F. The molecule has 0 aromatic heterocycles. The number of ether oxygens (including phenoxy) is 1. The van der Waals surface area contributed by atoms with Gasteiger partial charge < -0.3 is 15.7 Å². The Morgan fingerprint density at radius 1 is 1.53 bits per heavy atom. The van der Waals surface area contributed by atoms with E-state index in [4.69, 9.17) is 22.5 Å². The molecule has 7 heteroatoms. The van der Waals surface area contributed by atoms with Gasteiger partial charge in [0, 0.05) is 0 Å². The molecule has 0 aliphatic rings. The summed E-state index contributed by atoms with van der Waals surface area (Å²) < 4.78 is 28.1. The lowest BCUT2D eigenvalue weighted by Crippen LogP contribution is -2.16. The number of alkyl halides is 2. The highest BCUT2D eigenvalue weighted by molar-refractivity contribution is 6.34. The predicted octanol–water partition coefficient (Wildman–Crippen LogP) is 2.04. The number of rotatable bonds is 3. The third kappa shape index (κ3) is 2.69. The number of oxime groups is 1. The third-order valence-electron chi connectivity index (χ3n) is 1.56. The first-order chi connectivity index (χ1) is 7.06. The van der Waals surface area contributed by atoms with Crippen LogP contribution >= 0.6 is 11.6 Å². The van der Waals surface area contributed by atoms with Crippen molar-refractivity contribution in [1.82, 2.24) is 0 Å². The highest BCUT2D eigenvalue weighted by atomic mass is 35.5. The molecule has 0 radical (unpaired) electrons. The van der Waals surface area contributed by atoms with E-state index in [1.165, 1.54) is 18.2 Å². The van der Waals surface area contributed by atoms with Crippen LogP contribution in [0.2, 0.25) is 5.02 Å². The summed E-state index contributed by atoms with van der Waals surface area (Å²) in [5, 5.41) is 11.2. The minimum absolute atomic E-state index is 0.0588. The number of hydrogen-bond donors (Lipinski definition) is 2. The number of halogens is 3. The van der Waals surface area contributed by atoms with Crippen molar-refractivity contribution in [3.8, 4) is 5.75 Å². The zero-order valence-corrected chi connectivity index (χ0v) is 8.08. The van der Waals surface area contributed by atoms with Gasteiger partial charge in [-0.25, -0.2) is 0 Å². The second-order valence-electron chi connectivity index (χ2n) is 2.48. The normalized spacial score (nSPS) is 11.9. The largest absolute Gasteiger partial charge is 0.434 e. The number of nitrogens with two attached hydrogens (primary N) is 1. The summed E-state index contributed by atoms with van der Waals surface area (Å²) in [6, 6.07) is 4.06. The Kier molecular flexibility index (Phi) is 3.68. The van der Waals surface area contributed by atoms with E-state index in [-0.39, 0.29) is 16.3 Å². The molecule has 82 valence electrons. The zero-order chi connectivity index (χ0) is 11.4. The van der Waals surface area contributed by atoms with Crippen LogP contribution in [0.3, 0.4) is 0 Å². The third-order valence-corrected chi connectivity index (χ3v) is 1.87. The van der Waals surface area contributed by atoms with Crippen molar-refractivity contribution >= 4 is 17.4 Å². The summed E-state index contributed by atoms with van der Waals surface area (Å²) in [5.74, 6) is -0.635. The van der Waals surface area contributed by atoms with Gasteiger partial charge in [0.2, 0.25) is 0 Å². The Balaban J connectivity index is 3.20. The molecule has 3 N–H and O–H groups in total.